The predicted molar refractivity (Wildman–Crippen MR) is 156 cm³/mol. The maximum atomic E-state index is 6.76. The van der Waals surface area contributed by atoms with Gasteiger partial charge in [-0.15, -0.1) is 0 Å². The molecule has 0 bridgehead atoms. The molecule has 0 saturated heterocycles. The number of hydrogen-bond donors (Lipinski definition) is 0. The molecule has 6 rings (SSSR count). The lowest BCUT2D eigenvalue weighted by atomic mass is 9.49. The molecule has 1 heterocycles. The third kappa shape index (κ3) is 3.16. The topological polar surface area (TPSA) is 21.6 Å². The Morgan fingerprint density at radius 3 is 1.86 bits per heavy atom. The van der Waals surface area contributed by atoms with Gasteiger partial charge in [-0.1, -0.05) is 135 Å². The van der Waals surface area contributed by atoms with Crippen LogP contribution in [0.15, 0.2) is 96.2 Å². The van der Waals surface area contributed by atoms with Crippen LogP contribution in [0.25, 0.3) is 0 Å². The maximum Gasteiger partial charge on any atom is 0.139 e. The molecular formula is C32H39NOSi2. The predicted octanol–water partition coefficient (Wildman–Crippen LogP) is 8.12. The Hall–Kier alpha value is -2.44. The van der Waals surface area contributed by atoms with E-state index < -0.39 is 16.1 Å². The minimum Gasteiger partial charge on any atom is -0.392 e. The molecule has 0 unspecified atom stereocenters. The van der Waals surface area contributed by atoms with Crippen molar-refractivity contribution in [1.29, 1.82) is 0 Å². The number of benzene rings is 3. The summed E-state index contributed by atoms with van der Waals surface area (Å²) in [5, 5.41) is 4.81. The summed E-state index contributed by atoms with van der Waals surface area (Å²) in [5.41, 5.74) is 5.89. The highest BCUT2D eigenvalue weighted by Crippen LogP contribution is 2.77. The van der Waals surface area contributed by atoms with Crippen LogP contribution < -0.4 is 0 Å². The van der Waals surface area contributed by atoms with Gasteiger partial charge in [-0.25, -0.2) is 0 Å². The SMILES string of the molecule is C[Si](C)(C)[C@H]1[C@@H](c2ccccc2)[C@@H]1[C@H]1C[C@]2([Si](C)(C)C)ON=C(c3ccccc3)[C@]12c1ccccc1. The molecule has 186 valence electrons. The smallest absolute Gasteiger partial charge is 0.139 e. The average molecular weight is 510 g/mol. The Labute approximate surface area is 218 Å². The van der Waals surface area contributed by atoms with Crippen LogP contribution in [0.5, 0.6) is 0 Å². The van der Waals surface area contributed by atoms with Gasteiger partial charge in [0.2, 0.25) is 0 Å². The summed E-state index contributed by atoms with van der Waals surface area (Å²) in [6, 6.07) is 33.5. The molecule has 36 heavy (non-hydrogen) atoms. The molecule has 6 atom stereocenters. The van der Waals surface area contributed by atoms with E-state index in [0.717, 1.165) is 12.0 Å². The Balaban J connectivity index is 1.57. The van der Waals surface area contributed by atoms with E-state index in [0.29, 0.717) is 17.8 Å². The first-order valence-corrected chi connectivity index (χ1v) is 20.6. The molecule has 2 fully saturated rings. The fraction of sp³-hybridized carbons (Fsp3) is 0.406. The quantitative estimate of drug-likeness (QED) is 0.307. The van der Waals surface area contributed by atoms with Crippen molar-refractivity contribution in [3.8, 4) is 0 Å². The van der Waals surface area contributed by atoms with Gasteiger partial charge in [-0.3, -0.25) is 0 Å². The molecule has 3 aromatic rings. The zero-order valence-corrected chi connectivity index (χ0v) is 24.5. The van der Waals surface area contributed by atoms with Crippen molar-refractivity contribution in [2.24, 2.45) is 17.0 Å². The van der Waals surface area contributed by atoms with E-state index in [1.165, 1.54) is 22.4 Å². The molecule has 2 nitrogen and oxygen atoms in total. The van der Waals surface area contributed by atoms with E-state index in [-0.39, 0.29) is 10.6 Å². The third-order valence-corrected chi connectivity index (χ3v) is 15.4. The molecule has 0 amide bonds. The van der Waals surface area contributed by atoms with Gasteiger partial charge in [0.05, 0.1) is 5.41 Å². The zero-order valence-electron chi connectivity index (χ0n) is 22.5. The fourth-order valence-electron chi connectivity index (χ4n) is 8.14. The van der Waals surface area contributed by atoms with Crippen LogP contribution in [0.2, 0.25) is 44.8 Å². The Morgan fingerprint density at radius 1 is 0.750 bits per heavy atom. The normalized spacial score (nSPS) is 33.2. The molecule has 2 aliphatic carbocycles. The second-order valence-electron chi connectivity index (χ2n) is 13.4. The van der Waals surface area contributed by atoms with Crippen molar-refractivity contribution in [2.45, 2.75) is 67.8 Å². The lowest BCUT2D eigenvalue weighted by Crippen LogP contribution is -2.77. The molecular weight excluding hydrogens is 471 g/mol. The molecule has 1 aliphatic heterocycles. The lowest BCUT2D eigenvalue weighted by Gasteiger charge is -2.64. The lowest BCUT2D eigenvalue weighted by molar-refractivity contribution is -0.103. The second kappa shape index (κ2) is 8.03. The molecule has 0 radical (unpaired) electrons. The zero-order chi connectivity index (χ0) is 25.3. The van der Waals surface area contributed by atoms with Gasteiger partial charge in [0, 0.05) is 13.6 Å². The summed E-state index contributed by atoms with van der Waals surface area (Å²) in [6.45, 7) is 15.2. The van der Waals surface area contributed by atoms with E-state index in [2.05, 4.69) is 130 Å². The Morgan fingerprint density at radius 2 is 1.31 bits per heavy atom. The summed E-state index contributed by atoms with van der Waals surface area (Å²) < 4.78 is 0. The van der Waals surface area contributed by atoms with Gasteiger partial charge < -0.3 is 4.84 Å². The number of fused-ring (bicyclic) bond motifs is 1. The standard InChI is InChI=1S/C32H39NOSi2/c1-35(2,3)29-27(23-16-10-7-11-17-23)28(29)26-22-31(36(4,5)6)32(26,25-20-14-9-15-21-25)30(33-34-31)24-18-12-8-13-19-24/h7-21,26-29H,22H2,1-6H3/t26-,27+,28+,29+,31-,32+/m1/s1. The van der Waals surface area contributed by atoms with Crippen molar-refractivity contribution in [3.05, 3.63) is 108 Å². The van der Waals surface area contributed by atoms with Crippen LogP contribution in [0.3, 0.4) is 0 Å². The highest BCUT2D eigenvalue weighted by atomic mass is 28.3. The summed E-state index contributed by atoms with van der Waals surface area (Å²) in [7, 11) is -3.21. The molecule has 3 aliphatic rings. The van der Waals surface area contributed by atoms with Crippen molar-refractivity contribution in [2.75, 3.05) is 0 Å². The van der Waals surface area contributed by atoms with Gasteiger partial charge in [0.1, 0.15) is 19.0 Å². The van der Waals surface area contributed by atoms with E-state index in [4.69, 9.17) is 9.99 Å². The first-order valence-electron chi connectivity index (χ1n) is 13.6. The largest absolute Gasteiger partial charge is 0.392 e. The van der Waals surface area contributed by atoms with Gasteiger partial charge in [-0.05, 0) is 40.8 Å². The number of hydrogen-bond acceptors (Lipinski definition) is 2. The Bertz CT molecular complexity index is 1280. The summed E-state index contributed by atoms with van der Waals surface area (Å²) in [5.74, 6) is 1.83. The van der Waals surface area contributed by atoms with E-state index >= 15 is 0 Å². The molecule has 4 heteroatoms. The van der Waals surface area contributed by atoms with Crippen molar-refractivity contribution >= 4 is 21.9 Å². The number of oxime groups is 1. The van der Waals surface area contributed by atoms with E-state index in [9.17, 15) is 0 Å². The highest BCUT2D eigenvalue weighted by Gasteiger charge is 2.82. The maximum absolute atomic E-state index is 6.76. The van der Waals surface area contributed by atoms with Gasteiger partial charge in [-0.2, -0.15) is 0 Å². The molecule has 2 saturated carbocycles. The first-order chi connectivity index (χ1) is 17.1. The van der Waals surface area contributed by atoms with Crippen LogP contribution in [0.4, 0.5) is 0 Å². The van der Waals surface area contributed by atoms with Crippen LogP contribution in [-0.2, 0) is 10.3 Å². The first kappa shape index (κ1) is 23.9. The van der Waals surface area contributed by atoms with Crippen LogP contribution in [0.1, 0.15) is 29.0 Å². The highest BCUT2D eigenvalue weighted by molar-refractivity contribution is 6.80. The minimum atomic E-state index is -1.81. The van der Waals surface area contributed by atoms with Gasteiger partial charge in [0.25, 0.3) is 0 Å². The van der Waals surface area contributed by atoms with Crippen molar-refractivity contribution < 1.29 is 4.84 Å². The van der Waals surface area contributed by atoms with Gasteiger partial charge in [0.15, 0.2) is 0 Å². The number of rotatable bonds is 6. The van der Waals surface area contributed by atoms with Crippen molar-refractivity contribution in [1.82, 2.24) is 0 Å². The van der Waals surface area contributed by atoms with E-state index in [1.807, 2.05) is 0 Å². The third-order valence-electron chi connectivity index (χ3n) is 9.58. The monoisotopic (exact) mass is 509 g/mol. The Kier molecular flexibility index (Phi) is 5.34. The fourth-order valence-corrected chi connectivity index (χ4v) is 13.9. The summed E-state index contributed by atoms with van der Waals surface area (Å²) >= 11 is 0. The summed E-state index contributed by atoms with van der Waals surface area (Å²) in [4.78, 5) is 6.76. The van der Waals surface area contributed by atoms with Crippen LogP contribution in [-0.4, -0.2) is 27.1 Å². The van der Waals surface area contributed by atoms with Crippen molar-refractivity contribution in [3.63, 3.8) is 0 Å². The van der Waals surface area contributed by atoms with Gasteiger partial charge >= 0.3 is 0 Å². The molecule has 0 aromatic heterocycles. The number of nitrogens with zero attached hydrogens (tertiary/aromatic N) is 1. The average Bonchev–Trinajstić information content (AvgIpc) is 3.53. The summed E-state index contributed by atoms with van der Waals surface area (Å²) in [6.07, 6.45) is 1.12. The van der Waals surface area contributed by atoms with Crippen LogP contribution >= 0.6 is 0 Å². The molecule has 0 N–H and O–H groups in total. The van der Waals surface area contributed by atoms with E-state index in [1.54, 1.807) is 0 Å². The molecule has 0 spiro atoms. The second-order valence-corrected chi connectivity index (χ2v) is 24.1. The molecule has 3 aromatic carbocycles. The minimum absolute atomic E-state index is 0.202. The van der Waals surface area contributed by atoms with Crippen LogP contribution in [0, 0.1) is 11.8 Å².